The minimum atomic E-state index is -7.03. The van der Waals surface area contributed by atoms with E-state index in [1.54, 1.807) is 0 Å². The fourth-order valence-electron chi connectivity index (χ4n) is 2.07. The van der Waals surface area contributed by atoms with Crippen LogP contribution in [-0.2, 0) is 4.74 Å². The molecule has 19 heteroatoms. The first-order valence-corrected chi connectivity index (χ1v) is 7.30. The zero-order valence-corrected chi connectivity index (χ0v) is 14.6. The molecule has 0 aliphatic rings. The molecule has 0 aliphatic carbocycles. The molecule has 0 saturated heterocycles. The number of hydrogen-bond acceptors (Lipinski definition) is 2. The van der Waals surface area contributed by atoms with Crippen LogP contribution >= 0.6 is 0 Å². The standard InChI is InChI=1S/C12H10F17NO/c1-3(31-4(2)8(16,17)5(13)9(18,19)20)7(15,10(21,22)23)6(14)30(11(24,25)26)12(27,28)29/h3-6H,1-2H3. The van der Waals surface area contributed by atoms with Gasteiger partial charge in [-0.15, -0.1) is 0 Å². The summed E-state index contributed by atoms with van der Waals surface area (Å²) in [6.45, 7) is -0.789. The van der Waals surface area contributed by atoms with Crippen molar-refractivity contribution in [2.45, 2.75) is 75.1 Å². The van der Waals surface area contributed by atoms with E-state index in [0.717, 1.165) is 0 Å². The van der Waals surface area contributed by atoms with Gasteiger partial charge in [-0.2, -0.15) is 52.7 Å². The molecule has 0 aromatic heterocycles. The maximum absolute atomic E-state index is 14.4. The highest BCUT2D eigenvalue weighted by molar-refractivity contribution is 5.01. The van der Waals surface area contributed by atoms with Crippen molar-refractivity contribution in [1.82, 2.24) is 4.90 Å². The van der Waals surface area contributed by atoms with Gasteiger partial charge in [0.2, 0.25) is 6.30 Å². The summed E-state index contributed by atoms with van der Waals surface area (Å²) in [4.78, 5) is -3.50. The fourth-order valence-corrected chi connectivity index (χ4v) is 2.07. The predicted octanol–water partition coefficient (Wildman–Crippen LogP) is 6.22. The lowest BCUT2D eigenvalue weighted by atomic mass is 9.96. The third-order valence-electron chi connectivity index (χ3n) is 3.72. The van der Waals surface area contributed by atoms with E-state index < -0.39 is 73.0 Å². The molecule has 188 valence electrons. The lowest BCUT2D eigenvalue weighted by molar-refractivity contribution is -0.426. The van der Waals surface area contributed by atoms with Crippen LogP contribution in [0.1, 0.15) is 13.8 Å². The molecule has 0 aliphatic heterocycles. The minimum absolute atomic E-state index is 0.301. The zero-order valence-electron chi connectivity index (χ0n) is 14.6. The largest absolute Gasteiger partial charge is 0.469 e. The first-order chi connectivity index (χ1) is 13.2. The van der Waals surface area contributed by atoms with E-state index in [-0.39, 0.29) is 6.92 Å². The molecule has 5 unspecified atom stereocenters. The summed E-state index contributed by atoms with van der Waals surface area (Å²) in [5.41, 5.74) is -6.38. The van der Waals surface area contributed by atoms with Crippen LogP contribution in [0.5, 0.6) is 0 Å². The molecule has 0 saturated carbocycles. The normalized spacial score (nSPS) is 20.9. The Morgan fingerprint density at radius 1 is 0.613 bits per heavy atom. The zero-order chi connectivity index (χ0) is 25.6. The van der Waals surface area contributed by atoms with Crippen molar-refractivity contribution < 1.29 is 79.4 Å². The van der Waals surface area contributed by atoms with Crippen molar-refractivity contribution in [2.24, 2.45) is 0 Å². The van der Waals surface area contributed by atoms with E-state index in [1.165, 1.54) is 0 Å². The molecule has 31 heavy (non-hydrogen) atoms. The van der Waals surface area contributed by atoms with Crippen LogP contribution in [0, 0.1) is 0 Å². The number of nitrogens with zero attached hydrogens (tertiary/aromatic N) is 1. The van der Waals surface area contributed by atoms with Gasteiger partial charge in [0.15, 0.2) is 0 Å². The van der Waals surface area contributed by atoms with Gasteiger partial charge in [0.05, 0.1) is 0 Å². The van der Waals surface area contributed by atoms with Crippen molar-refractivity contribution in [1.29, 1.82) is 0 Å². The Bertz CT molecular complexity index is 578. The highest BCUT2D eigenvalue weighted by Gasteiger charge is 2.74. The summed E-state index contributed by atoms with van der Waals surface area (Å²) in [7, 11) is 0. The van der Waals surface area contributed by atoms with Crippen molar-refractivity contribution >= 4 is 0 Å². The van der Waals surface area contributed by atoms with Crippen LogP contribution in [-0.4, -0.2) is 66.1 Å². The van der Waals surface area contributed by atoms with Crippen LogP contribution in [0.3, 0.4) is 0 Å². The van der Waals surface area contributed by atoms with Crippen molar-refractivity contribution in [2.75, 3.05) is 0 Å². The second kappa shape index (κ2) is 8.58. The molecule has 5 atom stereocenters. The van der Waals surface area contributed by atoms with E-state index in [1.807, 2.05) is 0 Å². The molecule has 0 heterocycles. The van der Waals surface area contributed by atoms with Gasteiger partial charge >= 0.3 is 30.9 Å². The average molecular weight is 507 g/mol. The Morgan fingerprint density at radius 2 is 0.968 bits per heavy atom. The molecule has 0 fully saturated rings. The van der Waals surface area contributed by atoms with Crippen LogP contribution in [0.15, 0.2) is 0 Å². The summed E-state index contributed by atoms with van der Waals surface area (Å²) >= 11 is 0. The molecule has 0 bridgehead atoms. The first kappa shape index (κ1) is 29.7. The van der Waals surface area contributed by atoms with Gasteiger partial charge in [-0.3, -0.25) is 0 Å². The SMILES string of the molecule is CC(OC(C)C(F)(C(F)N(C(F)(F)F)C(F)(F)F)C(F)(F)F)C(F)(F)C(F)C(F)(F)F. The Hall–Kier alpha value is -1.27. The smallest absolute Gasteiger partial charge is 0.365 e. The van der Waals surface area contributed by atoms with E-state index in [0.29, 0.717) is 0 Å². The third kappa shape index (κ3) is 6.16. The third-order valence-corrected chi connectivity index (χ3v) is 3.72. The summed E-state index contributed by atoms with van der Waals surface area (Å²) in [6, 6.07) is 0. The van der Waals surface area contributed by atoms with Gasteiger partial charge < -0.3 is 4.74 Å². The Balaban J connectivity index is 6.27. The monoisotopic (exact) mass is 507 g/mol. The highest BCUT2D eigenvalue weighted by Crippen LogP contribution is 2.49. The van der Waals surface area contributed by atoms with Gasteiger partial charge in [0, 0.05) is 0 Å². The number of rotatable bonds is 7. The van der Waals surface area contributed by atoms with Crippen molar-refractivity contribution in [3.63, 3.8) is 0 Å². The number of ether oxygens (including phenoxy) is 1. The summed E-state index contributed by atoms with van der Waals surface area (Å²) in [5, 5.41) is 0. The van der Waals surface area contributed by atoms with Gasteiger partial charge in [-0.05, 0) is 13.8 Å². The maximum Gasteiger partial charge on any atom is 0.469 e. The van der Waals surface area contributed by atoms with Gasteiger partial charge in [-0.25, -0.2) is 22.0 Å². The molecule has 2 nitrogen and oxygen atoms in total. The van der Waals surface area contributed by atoms with E-state index in [2.05, 4.69) is 4.74 Å². The van der Waals surface area contributed by atoms with E-state index in [4.69, 9.17) is 0 Å². The summed E-state index contributed by atoms with van der Waals surface area (Å²) in [5.74, 6) is -5.81. The molecule has 0 spiro atoms. The van der Waals surface area contributed by atoms with Crippen LogP contribution in [0.4, 0.5) is 74.6 Å². The van der Waals surface area contributed by atoms with Gasteiger partial charge in [0.1, 0.15) is 12.2 Å². The van der Waals surface area contributed by atoms with Gasteiger partial charge in [0.25, 0.3) is 11.8 Å². The number of hydrogen-bond donors (Lipinski definition) is 0. The molecule has 0 radical (unpaired) electrons. The average Bonchev–Trinajstić information content (AvgIpc) is 2.47. The Morgan fingerprint density at radius 3 is 1.23 bits per heavy atom. The van der Waals surface area contributed by atoms with Crippen LogP contribution < -0.4 is 0 Å². The summed E-state index contributed by atoms with van der Waals surface area (Å²) < 4.78 is 221. The topological polar surface area (TPSA) is 12.5 Å². The number of alkyl halides is 17. The van der Waals surface area contributed by atoms with E-state index in [9.17, 15) is 74.6 Å². The molecule has 0 amide bonds. The first-order valence-electron chi connectivity index (χ1n) is 7.30. The summed E-state index contributed by atoms with van der Waals surface area (Å²) in [6.07, 6.45) is -46.1. The molecule has 0 aromatic carbocycles. The Kier molecular flexibility index (Phi) is 8.23. The molecule has 0 aromatic rings. The Labute approximate surface area is 160 Å². The van der Waals surface area contributed by atoms with Crippen LogP contribution in [0.25, 0.3) is 0 Å². The van der Waals surface area contributed by atoms with Crippen molar-refractivity contribution in [3.05, 3.63) is 0 Å². The molecule has 0 rings (SSSR count). The van der Waals surface area contributed by atoms with Gasteiger partial charge in [-0.1, -0.05) is 4.90 Å². The quantitative estimate of drug-likeness (QED) is 0.300. The van der Waals surface area contributed by atoms with Crippen LogP contribution in [0.2, 0.25) is 0 Å². The predicted molar refractivity (Wildman–Crippen MR) is 64.6 cm³/mol. The highest BCUT2D eigenvalue weighted by atomic mass is 19.4. The lowest BCUT2D eigenvalue weighted by Crippen LogP contribution is -2.68. The molecule has 0 N–H and O–H groups in total. The second-order valence-electron chi connectivity index (χ2n) is 5.91. The minimum Gasteiger partial charge on any atom is -0.365 e. The number of halogens is 17. The lowest BCUT2D eigenvalue weighted by Gasteiger charge is -2.42. The van der Waals surface area contributed by atoms with E-state index >= 15 is 0 Å². The second-order valence-corrected chi connectivity index (χ2v) is 5.91. The maximum atomic E-state index is 14.4. The molecular formula is C12H10F17NO. The molecular weight excluding hydrogens is 497 g/mol. The fraction of sp³-hybridized carbons (Fsp3) is 1.00. The van der Waals surface area contributed by atoms with Crippen molar-refractivity contribution in [3.8, 4) is 0 Å².